The second-order valence-electron chi connectivity index (χ2n) is 3.79. The van der Waals surface area contributed by atoms with Crippen LogP contribution in [0.15, 0.2) is 18.3 Å². The fourth-order valence-corrected chi connectivity index (χ4v) is 2.14. The molecule has 0 saturated carbocycles. The maximum atomic E-state index is 6.11. The van der Waals surface area contributed by atoms with Crippen LogP contribution in [0.2, 0.25) is 5.15 Å². The standard InChI is InChI=1S/C12H14ClN3/c1-4-5-6-16-9(3)8(2)10-7-14-15-12(13)11(10)16/h4-5,7H,6H2,1-3H3. The zero-order valence-electron chi connectivity index (χ0n) is 9.66. The third-order valence-electron chi connectivity index (χ3n) is 2.93. The highest BCUT2D eigenvalue weighted by molar-refractivity contribution is 6.33. The third-order valence-corrected chi connectivity index (χ3v) is 3.18. The second kappa shape index (κ2) is 4.26. The van der Waals surface area contributed by atoms with Gasteiger partial charge in [-0.25, -0.2) is 0 Å². The molecule has 0 fully saturated rings. The van der Waals surface area contributed by atoms with Crippen LogP contribution in [0.5, 0.6) is 0 Å². The lowest BCUT2D eigenvalue weighted by Gasteiger charge is -2.04. The molecule has 0 bridgehead atoms. The van der Waals surface area contributed by atoms with E-state index in [0.29, 0.717) is 5.15 Å². The van der Waals surface area contributed by atoms with E-state index in [1.54, 1.807) is 6.20 Å². The van der Waals surface area contributed by atoms with E-state index in [0.717, 1.165) is 17.4 Å². The summed E-state index contributed by atoms with van der Waals surface area (Å²) in [4.78, 5) is 0. The number of nitrogens with zero attached hydrogens (tertiary/aromatic N) is 3. The van der Waals surface area contributed by atoms with Gasteiger partial charge in [-0.1, -0.05) is 23.8 Å². The van der Waals surface area contributed by atoms with Gasteiger partial charge < -0.3 is 4.57 Å². The van der Waals surface area contributed by atoms with E-state index in [1.807, 2.05) is 13.0 Å². The highest BCUT2D eigenvalue weighted by atomic mass is 35.5. The molecule has 16 heavy (non-hydrogen) atoms. The van der Waals surface area contributed by atoms with Crippen LogP contribution in [0.25, 0.3) is 10.9 Å². The highest BCUT2D eigenvalue weighted by Gasteiger charge is 2.13. The van der Waals surface area contributed by atoms with Crippen molar-refractivity contribution in [3.8, 4) is 0 Å². The number of hydrogen-bond donors (Lipinski definition) is 0. The van der Waals surface area contributed by atoms with E-state index in [2.05, 4.69) is 34.7 Å². The summed E-state index contributed by atoms with van der Waals surface area (Å²) < 4.78 is 2.17. The van der Waals surface area contributed by atoms with E-state index in [-0.39, 0.29) is 0 Å². The van der Waals surface area contributed by atoms with Crippen LogP contribution in [0.3, 0.4) is 0 Å². The molecule has 0 atom stereocenters. The molecule has 0 aromatic carbocycles. The number of aromatic nitrogens is 3. The summed E-state index contributed by atoms with van der Waals surface area (Å²) in [5.41, 5.74) is 3.41. The summed E-state index contributed by atoms with van der Waals surface area (Å²) in [7, 11) is 0. The van der Waals surface area contributed by atoms with Gasteiger partial charge in [-0.2, -0.15) is 5.10 Å². The minimum absolute atomic E-state index is 0.471. The Morgan fingerprint density at radius 2 is 2.19 bits per heavy atom. The first-order valence-electron chi connectivity index (χ1n) is 5.24. The quantitative estimate of drug-likeness (QED) is 0.748. The third kappa shape index (κ3) is 1.61. The average molecular weight is 236 g/mol. The van der Waals surface area contributed by atoms with Gasteiger partial charge in [-0.15, -0.1) is 5.10 Å². The first-order chi connectivity index (χ1) is 7.66. The Morgan fingerprint density at radius 1 is 1.44 bits per heavy atom. The van der Waals surface area contributed by atoms with Gasteiger partial charge in [0.05, 0.1) is 11.7 Å². The second-order valence-corrected chi connectivity index (χ2v) is 4.15. The first-order valence-corrected chi connectivity index (χ1v) is 5.62. The largest absolute Gasteiger partial charge is 0.338 e. The number of hydrogen-bond acceptors (Lipinski definition) is 2. The van der Waals surface area contributed by atoms with E-state index >= 15 is 0 Å². The number of halogens is 1. The van der Waals surface area contributed by atoms with Crippen molar-refractivity contribution in [2.75, 3.05) is 0 Å². The van der Waals surface area contributed by atoms with Crippen molar-refractivity contribution in [1.29, 1.82) is 0 Å². The minimum Gasteiger partial charge on any atom is -0.338 e. The van der Waals surface area contributed by atoms with Gasteiger partial charge >= 0.3 is 0 Å². The summed E-state index contributed by atoms with van der Waals surface area (Å²) in [5.74, 6) is 0. The molecule has 0 unspecified atom stereocenters. The van der Waals surface area contributed by atoms with Crippen LogP contribution in [0, 0.1) is 13.8 Å². The van der Waals surface area contributed by atoms with E-state index < -0.39 is 0 Å². The van der Waals surface area contributed by atoms with Gasteiger partial charge in [0.25, 0.3) is 0 Å². The molecule has 0 spiro atoms. The number of allylic oxidation sites excluding steroid dienone is 2. The molecule has 0 aliphatic rings. The van der Waals surface area contributed by atoms with Crippen LogP contribution in [-0.2, 0) is 6.54 Å². The Morgan fingerprint density at radius 3 is 2.88 bits per heavy atom. The normalized spacial score (nSPS) is 11.8. The van der Waals surface area contributed by atoms with Gasteiger partial charge in [0, 0.05) is 17.6 Å². The smallest absolute Gasteiger partial charge is 0.175 e. The molecule has 0 aliphatic heterocycles. The molecule has 0 saturated heterocycles. The van der Waals surface area contributed by atoms with Crippen LogP contribution in [-0.4, -0.2) is 14.8 Å². The van der Waals surface area contributed by atoms with Crippen molar-refractivity contribution in [3.05, 3.63) is 34.8 Å². The lowest BCUT2D eigenvalue weighted by atomic mass is 10.2. The SMILES string of the molecule is CC=CCn1c(C)c(C)c2cnnc(Cl)c21. The average Bonchev–Trinajstić information content (AvgIpc) is 2.52. The molecule has 2 aromatic rings. The van der Waals surface area contributed by atoms with Crippen molar-refractivity contribution in [2.24, 2.45) is 0 Å². The summed E-state index contributed by atoms with van der Waals surface area (Å²) in [6.07, 6.45) is 5.90. The van der Waals surface area contributed by atoms with E-state index in [9.17, 15) is 0 Å². The maximum Gasteiger partial charge on any atom is 0.175 e. The molecule has 2 rings (SSSR count). The number of aryl methyl sites for hydroxylation is 1. The van der Waals surface area contributed by atoms with Crippen LogP contribution in [0.4, 0.5) is 0 Å². The zero-order chi connectivity index (χ0) is 11.7. The number of fused-ring (bicyclic) bond motifs is 1. The molecule has 0 amide bonds. The molecule has 0 N–H and O–H groups in total. The van der Waals surface area contributed by atoms with Crippen molar-refractivity contribution < 1.29 is 0 Å². The van der Waals surface area contributed by atoms with Crippen molar-refractivity contribution in [3.63, 3.8) is 0 Å². The van der Waals surface area contributed by atoms with Gasteiger partial charge in [-0.05, 0) is 26.3 Å². The van der Waals surface area contributed by atoms with Crippen LogP contribution in [0.1, 0.15) is 18.2 Å². The molecular weight excluding hydrogens is 222 g/mol. The lowest BCUT2D eigenvalue weighted by Crippen LogP contribution is -1.99. The topological polar surface area (TPSA) is 30.7 Å². The molecule has 0 radical (unpaired) electrons. The molecule has 3 nitrogen and oxygen atoms in total. The molecule has 2 heterocycles. The van der Waals surface area contributed by atoms with Gasteiger partial charge in [-0.3, -0.25) is 0 Å². The summed E-state index contributed by atoms with van der Waals surface area (Å²) >= 11 is 6.11. The van der Waals surface area contributed by atoms with Crippen molar-refractivity contribution in [1.82, 2.24) is 14.8 Å². The molecular formula is C12H14ClN3. The summed E-state index contributed by atoms with van der Waals surface area (Å²) in [5, 5.41) is 9.35. The van der Waals surface area contributed by atoms with Crippen LogP contribution < -0.4 is 0 Å². The molecule has 4 heteroatoms. The lowest BCUT2D eigenvalue weighted by molar-refractivity contribution is 0.818. The Bertz CT molecular complexity index is 555. The van der Waals surface area contributed by atoms with Gasteiger partial charge in [0.2, 0.25) is 0 Å². The van der Waals surface area contributed by atoms with E-state index in [4.69, 9.17) is 11.6 Å². The molecule has 2 aromatic heterocycles. The highest BCUT2D eigenvalue weighted by Crippen LogP contribution is 2.28. The minimum atomic E-state index is 0.471. The fourth-order valence-electron chi connectivity index (χ4n) is 1.89. The summed E-state index contributed by atoms with van der Waals surface area (Å²) in [6, 6.07) is 0. The predicted molar refractivity (Wildman–Crippen MR) is 66.8 cm³/mol. The predicted octanol–water partition coefficient (Wildman–Crippen LogP) is 3.28. The summed E-state index contributed by atoms with van der Waals surface area (Å²) in [6.45, 7) is 7.00. The Labute approximate surface area is 99.7 Å². The molecule has 84 valence electrons. The monoisotopic (exact) mass is 235 g/mol. The Kier molecular flexibility index (Phi) is 2.97. The fraction of sp³-hybridized carbons (Fsp3) is 0.333. The van der Waals surface area contributed by atoms with E-state index in [1.165, 1.54) is 11.3 Å². The van der Waals surface area contributed by atoms with Gasteiger partial charge in [0.1, 0.15) is 0 Å². The maximum absolute atomic E-state index is 6.11. The Balaban J connectivity index is 2.75. The number of rotatable bonds is 2. The first kappa shape index (κ1) is 11.1. The zero-order valence-corrected chi connectivity index (χ0v) is 10.4. The van der Waals surface area contributed by atoms with Gasteiger partial charge in [0.15, 0.2) is 5.15 Å². The molecule has 0 aliphatic carbocycles. The van der Waals surface area contributed by atoms with Crippen LogP contribution >= 0.6 is 11.6 Å². The van der Waals surface area contributed by atoms with Crippen molar-refractivity contribution in [2.45, 2.75) is 27.3 Å². The Hall–Kier alpha value is -1.35. The van der Waals surface area contributed by atoms with Crippen molar-refractivity contribution >= 4 is 22.5 Å².